The van der Waals surface area contributed by atoms with Crippen molar-refractivity contribution in [3.05, 3.63) is 39.6 Å². The summed E-state index contributed by atoms with van der Waals surface area (Å²) in [7, 11) is 0. The molecule has 0 radical (unpaired) electrons. The Morgan fingerprint density at radius 1 is 1.25 bits per heavy atom. The van der Waals surface area contributed by atoms with Gasteiger partial charge in [-0.05, 0) is 43.9 Å². The molecule has 0 aliphatic heterocycles. The lowest BCUT2D eigenvalue weighted by Gasteiger charge is -2.07. The van der Waals surface area contributed by atoms with E-state index in [2.05, 4.69) is 0 Å². The van der Waals surface area contributed by atoms with Gasteiger partial charge in [-0.15, -0.1) is 11.3 Å². The van der Waals surface area contributed by atoms with E-state index in [1.165, 1.54) is 6.08 Å². The third-order valence-electron chi connectivity index (χ3n) is 2.37. The van der Waals surface area contributed by atoms with Gasteiger partial charge in [-0.25, -0.2) is 9.59 Å². The van der Waals surface area contributed by atoms with E-state index >= 15 is 0 Å². The molecule has 0 aromatic carbocycles. The van der Waals surface area contributed by atoms with Gasteiger partial charge in [-0.3, -0.25) is 0 Å². The maximum absolute atomic E-state index is 11.9. The van der Waals surface area contributed by atoms with Crippen LogP contribution in [0.4, 0.5) is 0 Å². The Labute approximate surface area is 122 Å². The van der Waals surface area contributed by atoms with Crippen molar-refractivity contribution in [2.24, 2.45) is 0 Å². The van der Waals surface area contributed by atoms with Gasteiger partial charge in [0.1, 0.15) is 0 Å². The summed E-state index contributed by atoms with van der Waals surface area (Å²) in [5.74, 6) is -1.07. The van der Waals surface area contributed by atoms with Crippen LogP contribution in [0.25, 0.3) is 6.08 Å². The second-order valence-corrected chi connectivity index (χ2v) is 4.85. The summed E-state index contributed by atoms with van der Waals surface area (Å²) in [5, 5.41) is 1.94. The predicted molar refractivity (Wildman–Crippen MR) is 79.3 cm³/mol. The van der Waals surface area contributed by atoms with Gasteiger partial charge in [0.15, 0.2) is 0 Å². The number of ether oxygens (including phenoxy) is 2. The zero-order chi connectivity index (χ0) is 15.0. The number of esters is 2. The molecular weight excluding hydrogens is 276 g/mol. The highest BCUT2D eigenvalue weighted by Crippen LogP contribution is 2.19. The van der Waals surface area contributed by atoms with Crippen molar-refractivity contribution < 1.29 is 19.1 Å². The lowest BCUT2D eigenvalue weighted by Crippen LogP contribution is -2.12. The maximum atomic E-state index is 11.9. The molecule has 20 heavy (non-hydrogen) atoms. The first-order valence-electron chi connectivity index (χ1n) is 6.36. The van der Waals surface area contributed by atoms with Crippen molar-refractivity contribution in [2.45, 2.75) is 20.8 Å². The fraction of sp³-hybridized carbons (Fsp3) is 0.333. The van der Waals surface area contributed by atoms with E-state index in [4.69, 9.17) is 9.47 Å². The lowest BCUT2D eigenvalue weighted by atomic mass is 10.1. The SMILES string of the molecule is CCOC(=O)/C=C(C(=O)OCC)\C(C)=C\c1cccs1. The summed E-state index contributed by atoms with van der Waals surface area (Å²) < 4.78 is 9.81. The molecule has 0 atom stereocenters. The van der Waals surface area contributed by atoms with Crippen LogP contribution in [0, 0.1) is 0 Å². The molecule has 5 heteroatoms. The normalized spacial score (nSPS) is 12.2. The van der Waals surface area contributed by atoms with Crippen molar-refractivity contribution in [1.82, 2.24) is 0 Å². The molecule has 108 valence electrons. The number of hydrogen-bond acceptors (Lipinski definition) is 5. The van der Waals surface area contributed by atoms with E-state index in [1.54, 1.807) is 32.1 Å². The van der Waals surface area contributed by atoms with Gasteiger partial charge in [0.2, 0.25) is 0 Å². The average Bonchev–Trinajstić information content (AvgIpc) is 2.89. The summed E-state index contributed by atoms with van der Waals surface area (Å²) >= 11 is 1.55. The summed E-state index contributed by atoms with van der Waals surface area (Å²) in [6.45, 7) is 5.72. The molecule has 0 saturated heterocycles. The fourth-order valence-corrected chi connectivity index (χ4v) is 2.23. The fourth-order valence-electron chi connectivity index (χ4n) is 1.51. The molecule has 1 aromatic rings. The number of carbonyl (C=O) groups is 2. The van der Waals surface area contributed by atoms with Crippen LogP contribution < -0.4 is 0 Å². The van der Waals surface area contributed by atoms with Gasteiger partial charge >= 0.3 is 11.9 Å². The quantitative estimate of drug-likeness (QED) is 0.459. The van der Waals surface area contributed by atoms with Crippen LogP contribution in [-0.2, 0) is 19.1 Å². The van der Waals surface area contributed by atoms with E-state index in [0.29, 0.717) is 5.57 Å². The zero-order valence-corrected chi connectivity index (χ0v) is 12.7. The Morgan fingerprint density at radius 3 is 2.50 bits per heavy atom. The highest BCUT2D eigenvalue weighted by atomic mass is 32.1. The van der Waals surface area contributed by atoms with Gasteiger partial charge in [0, 0.05) is 11.0 Å². The van der Waals surface area contributed by atoms with Gasteiger partial charge in [-0.1, -0.05) is 6.07 Å². The number of rotatable bonds is 6. The monoisotopic (exact) mass is 294 g/mol. The molecule has 0 aliphatic rings. The minimum Gasteiger partial charge on any atom is -0.463 e. The second kappa shape index (κ2) is 8.32. The topological polar surface area (TPSA) is 52.6 Å². The molecule has 0 bridgehead atoms. The summed E-state index contributed by atoms with van der Waals surface area (Å²) in [6, 6.07) is 3.85. The molecule has 0 saturated carbocycles. The van der Waals surface area contributed by atoms with Gasteiger partial charge in [0.05, 0.1) is 18.8 Å². The molecule has 0 aliphatic carbocycles. The third-order valence-corrected chi connectivity index (χ3v) is 3.19. The molecule has 1 aromatic heterocycles. The molecule has 1 rings (SSSR count). The highest BCUT2D eigenvalue weighted by Gasteiger charge is 2.15. The van der Waals surface area contributed by atoms with Crippen LogP contribution in [0.15, 0.2) is 34.7 Å². The van der Waals surface area contributed by atoms with E-state index in [0.717, 1.165) is 4.88 Å². The summed E-state index contributed by atoms with van der Waals surface area (Å²) in [5.41, 5.74) is 0.887. The Hall–Kier alpha value is -1.88. The zero-order valence-electron chi connectivity index (χ0n) is 11.8. The first-order valence-corrected chi connectivity index (χ1v) is 7.24. The molecule has 0 amide bonds. The highest BCUT2D eigenvalue weighted by molar-refractivity contribution is 7.10. The number of thiophene rings is 1. The van der Waals surface area contributed by atoms with E-state index in [9.17, 15) is 9.59 Å². The summed E-state index contributed by atoms with van der Waals surface area (Å²) in [6.07, 6.45) is 3.02. The van der Waals surface area contributed by atoms with Gasteiger partial charge in [-0.2, -0.15) is 0 Å². The van der Waals surface area contributed by atoms with E-state index in [1.807, 2.05) is 23.6 Å². The van der Waals surface area contributed by atoms with Crippen molar-refractivity contribution in [3.63, 3.8) is 0 Å². The molecule has 0 unspecified atom stereocenters. The molecule has 0 N–H and O–H groups in total. The Morgan fingerprint density at radius 2 is 1.95 bits per heavy atom. The molecule has 4 nitrogen and oxygen atoms in total. The van der Waals surface area contributed by atoms with Crippen LogP contribution in [0.2, 0.25) is 0 Å². The smallest absolute Gasteiger partial charge is 0.338 e. The first kappa shape index (κ1) is 16.2. The third kappa shape index (κ3) is 5.01. The average molecular weight is 294 g/mol. The van der Waals surface area contributed by atoms with Crippen LogP contribution in [0.1, 0.15) is 25.6 Å². The van der Waals surface area contributed by atoms with Crippen molar-refractivity contribution in [1.29, 1.82) is 0 Å². The van der Waals surface area contributed by atoms with Crippen LogP contribution in [0.3, 0.4) is 0 Å². The van der Waals surface area contributed by atoms with Crippen LogP contribution >= 0.6 is 11.3 Å². The minimum atomic E-state index is -0.547. The molecule has 1 heterocycles. The molecule has 0 spiro atoms. The van der Waals surface area contributed by atoms with Crippen LogP contribution in [0.5, 0.6) is 0 Å². The molecular formula is C15H18O4S. The van der Waals surface area contributed by atoms with Gasteiger partial charge in [0.25, 0.3) is 0 Å². The summed E-state index contributed by atoms with van der Waals surface area (Å²) in [4.78, 5) is 24.5. The minimum absolute atomic E-state index is 0.221. The largest absolute Gasteiger partial charge is 0.463 e. The van der Waals surface area contributed by atoms with E-state index in [-0.39, 0.29) is 18.8 Å². The predicted octanol–water partition coefficient (Wildman–Crippen LogP) is 3.20. The van der Waals surface area contributed by atoms with Crippen molar-refractivity contribution in [3.8, 4) is 0 Å². The van der Waals surface area contributed by atoms with Crippen molar-refractivity contribution in [2.75, 3.05) is 13.2 Å². The number of hydrogen-bond donors (Lipinski definition) is 0. The van der Waals surface area contributed by atoms with Crippen molar-refractivity contribution >= 4 is 29.4 Å². The van der Waals surface area contributed by atoms with E-state index < -0.39 is 11.9 Å². The Kier molecular flexibility index (Phi) is 6.73. The Bertz CT molecular complexity index is 512. The molecule has 0 fully saturated rings. The lowest BCUT2D eigenvalue weighted by molar-refractivity contribution is -0.140. The number of carbonyl (C=O) groups excluding carboxylic acids is 2. The first-order chi connectivity index (χ1) is 9.58. The standard InChI is InChI=1S/C15H18O4S/c1-4-18-14(16)10-13(15(17)19-5-2)11(3)9-12-7-6-8-20-12/h6-10H,4-5H2,1-3H3/b11-9+,13-10+. The maximum Gasteiger partial charge on any atom is 0.338 e. The Balaban J connectivity index is 3.03. The van der Waals surface area contributed by atoms with Gasteiger partial charge < -0.3 is 9.47 Å². The van der Waals surface area contributed by atoms with Crippen LogP contribution in [-0.4, -0.2) is 25.2 Å². The second-order valence-electron chi connectivity index (χ2n) is 3.87.